The highest BCUT2D eigenvalue weighted by Gasteiger charge is 1.97. The minimum Gasteiger partial charge on any atom is -0.459 e. The molecule has 0 saturated heterocycles. The van der Waals surface area contributed by atoms with Gasteiger partial charge in [0.2, 0.25) is 0 Å². The first-order valence-corrected chi connectivity index (χ1v) is 5.17. The third-order valence-corrected chi connectivity index (χ3v) is 1.71. The van der Waals surface area contributed by atoms with E-state index in [9.17, 15) is 4.79 Å². The Morgan fingerprint density at radius 2 is 2.14 bits per heavy atom. The summed E-state index contributed by atoms with van der Waals surface area (Å²) in [6, 6.07) is 0. The summed E-state index contributed by atoms with van der Waals surface area (Å²) in [5.41, 5.74) is 0. The zero-order valence-corrected chi connectivity index (χ0v) is 9.32. The fourth-order valence-electron chi connectivity index (χ4n) is 1.02. The Morgan fingerprint density at radius 3 is 2.71 bits per heavy atom. The average Bonchev–Trinajstić information content (AvgIpc) is 2.10. The molecule has 0 saturated carbocycles. The SMILES string of the molecule is CCCC/C=C/C=C/C(C)OC(C)=O. The van der Waals surface area contributed by atoms with Gasteiger partial charge in [-0.05, 0) is 19.4 Å². The Morgan fingerprint density at radius 1 is 1.43 bits per heavy atom. The molecule has 0 aromatic carbocycles. The number of unbranched alkanes of at least 4 members (excludes halogenated alkanes) is 2. The van der Waals surface area contributed by atoms with Crippen molar-refractivity contribution in [2.24, 2.45) is 0 Å². The van der Waals surface area contributed by atoms with Gasteiger partial charge < -0.3 is 4.74 Å². The minimum absolute atomic E-state index is 0.136. The van der Waals surface area contributed by atoms with Crippen LogP contribution in [0.3, 0.4) is 0 Å². The van der Waals surface area contributed by atoms with E-state index in [1.165, 1.54) is 19.8 Å². The Bertz CT molecular complexity index is 204. The maximum absolute atomic E-state index is 10.6. The number of carbonyl (C=O) groups is 1. The van der Waals surface area contributed by atoms with Crippen molar-refractivity contribution in [1.82, 2.24) is 0 Å². The maximum atomic E-state index is 10.6. The van der Waals surface area contributed by atoms with Crippen molar-refractivity contribution < 1.29 is 9.53 Å². The van der Waals surface area contributed by atoms with E-state index in [0.29, 0.717) is 0 Å². The molecule has 2 nitrogen and oxygen atoms in total. The lowest BCUT2D eigenvalue weighted by Gasteiger charge is -2.04. The van der Waals surface area contributed by atoms with Crippen molar-refractivity contribution in [2.45, 2.75) is 46.1 Å². The normalized spacial score (nSPS) is 13.6. The van der Waals surface area contributed by atoms with Crippen molar-refractivity contribution in [3.63, 3.8) is 0 Å². The van der Waals surface area contributed by atoms with Crippen LogP contribution in [0.15, 0.2) is 24.3 Å². The van der Waals surface area contributed by atoms with Crippen molar-refractivity contribution in [2.75, 3.05) is 0 Å². The van der Waals surface area contributed by atoms with E-state index >= 15 is 0 Å². The summed E-state index contributed by atoms with van der Waals surface area (Å²) in [4.78, 5) is 10.6. The number of allylic oxidation sites excluding steroid dienone is 3. The summed E-state index contributed by atoms with van der Waals surface area (Å²) in [6.07, 6.45) is 11.3. The second-order valence-corrected chi connectivity index (χ2v) is 3.27. The maximum Gasteiger partial charge on any atom is 0.303 e. The second-order valence-electron chi connectivity index (χ2n) is 3.27. The highest BCUT2D eigenvalue weighted by molar-refractivity contribution is 5.66. The Labute approximate surface area is 86.6 Å². The van der Waals surface area contributed by atoms with Crippen molar-refractivity contribution in [1.29, 1.82) is 0 Å². The van der Waals surface area contributed by atoms with Gasteiger partial charge >= 0.3 is 5.97 Å². The van der Waals surface area contributed by atoms with E-state index in [2.05, 4.69) is 13.0 Å². The Balaban J connectivity index is 3.60. The zero-order valence-electron chi connectivity index (χ0n) is 9.32. The number of ether oxygens (including phenoxy) is 1. The lowest BCUT2D eigenvalue weighted by Crippen LogP contribution is -2.08. The molecule has 0 spiro atoms. The minimum atomic E-state index is -0.239. The van der Waals surface area contributed by atoms with Gasteiger partial charge in [-0.1, -0.05) is 38.0 Å². The van der Waals surface area contributed by atoms with Gasteiger partial charge in [-0.2, -0.15) is 0 Å². The first-order valence-electron chi connectivity index (χ1n) is 5.17. The summed E-state index contributed by atoms with van der Waals surface area (Å²) in [6.45, 7) is 5.44. The van der Waals surface area contributed by atoms with Gasteiger partial charge in [-0.15, -0.1) is 0 Å². The van der Waals surface area contributed by atoms with Gasteiger partial charge in [0.15, 0.2) is 0 Å². The van der Waals surface area contributed by atoms with Gasteiger partial charge in [0.25, 0.3) is 0 Å². The quantitative estimate of drug-likeness (QED) is 0.370. The number of esters is 1. The van der Waals surface area contributed by atoms with E-state index in [0.717, 1.165) is 6.42 Å². The van der Waals surface area contributed by atoms with Crippen LogP contribution in [0.5, 0.6) is 0 Å². The van der Waals surface area contributed by atoms with Crippen LogP contribution in [0.4, 0.5) is 0 Å². The molecule has 0 aliphatic rings. The topological polar surface area (TPSA) is 26.3 Å². The third kappa shape index (κ3) is 9.04. The summed E-state index contributed by atoms with van der Waals surface area (Å²) in [5, 5.41) is 0. The van der Waals surface area contributed by atoms with E-state index in [-0.39, 0.29) is 12.1 Å². The standard InChI is InChI=1S/C12H20O2/c1-4-5-6-7-8-9-10-11(2)14-12(3)13/h7-11H,4-6H2,1-3H3/b8-7+,10-9+. The predicted octanol–water partition coefficient (Wildman–Crippen LogP) is 3.24. The van der Waals surface area contributed by atoms with Crippen LogP contribution < -0.4 is 0 Å². The van der Waals surface area contributed by atoms with Gasteiger partial charge in [-0.25, -0.2) is 0 Å². The van der Waals surface area contributed by atoms with Crippen molar-refractivity contribution >= 4 is 5.97 Å². The van der Waals surface area contributed by atoms with E-state index in [4.69, 9.17) is 4.74 Å². The van der Waals surface area contributed by atoms with Gasteiger partial charge in [0, 0.05) is 6.92 Å². The predicted molar refractivity (Wildman–Crippen MR) is 59.0 cm³/mol. The van der Waals surface area contributed by atoms with E-state index < -0.39 is 0 Å². The van der Waals surface area contributed by atoms with E-state index in [1.807, 2.05) is 25.2 Å². The number of carbonyl (C=O) groups excluding carboxylic acids is 1. The second kappa shape index (κ2) is 8.54. The summed E-state index contributed by atoms with van der Waals surface area (Å²) < 4.78 is 4.92. The molecule has 0 bridgehead atoms. The molecule has 0 radical (unpaired) electrons. The average molecular weight is 196 g/mol. The molecule has 0 aliphatic heterocycles. The third-order valence-electron chi connectivity index (χ3n) is 1.71. The van der Waals surface area contributed by atoms with E-state index in [1.54, 1.807) is 0 Å². The summed E-state index contributed by atoms with van der Waals surface area (Å²) >= 11 is 0. The molecule has 1 atom stereocenters. The van der Waals surface area contributed by atoms with Crippen LogP contribution in [0, 0.1) is 0 Å². The Hall–Kier alpha value is -1.05. The monoisotopic (exact) mass is 196 g/mol. The molecule has 0 fully saturated rings. The number of rotatable bonds is 6. The Kier molecular flexibility index (Phi) is 7.90. The molecular formula is C12H20O2. The van der Waals surface area contributed by atoms with Gasteiger partial charge in [-0.3, -0.25) is 4.79 Å². The molecule has 1 unspecified atom stereocenters. The highest BCUT2D eigenvalue weighted by atomic mass is 16.5. The molecular weight excluding hydrogens is 176 g/mol. The zero-order chi connectivity index (χ0) is 10.8. The number of hydrogen-bond donors (Lipinski definition) is 0. The first-order chi connectivity index (χ1) is 6.66. The highest BCUT2D eigenvalue weighted by Crippen LogP contribution is 1.97. The molecule has 0 N–H and O–H groups in total. The number of hydrogen-bond acceptors (Lipinski definition) is 2. The molecule has 0 amide bonds. The molecule has 2 heteroatoms. The molecule has 14 heavy (non-hydrogen) atoms. The summed E-state index contributed by atoms with van der Waals surface area (Å²) in [7, 11) is 0. The summed E-state index contributed by atoms with van der Waals surface area (Å²) in [5.74, 6) is -0.239. The van der Waals surface area contributed by atoms with Crippen molar-refractivity contribution in [3.05, 3.63) is 24.3 Å². The van der Waals surface area contributed by atoms with Crippen LogP contribution in [0.2, 0.25) is 0 Å². The van der Waals surface area contributed by atoms with Crippen LogP contribution in [0.1, 0.15) is 40.0 Å². The molecule has 0 aromatic heterocycles. The largest absolute Gasteiger partial charge is 0.459 e. The van der Waals surface area contributed by atoms with Crippen LogP contribution in [0.25, 0.3) is 0 Å². The van der Waals surface area contributed by atoms with Crippen LogP contribution >= 0.6 is 0 Å². The fraction of sp³-hybridized carbons (Fsp3) is 0.583. The molecule has 80 valence electrons. The lowest BCUT2D eigenvalue weighted by atomic mass is 10.2. The fourth-order valence-corrected chi connectivity index (χ4v) is 1.02. The van der Waals surface area contributed by atoms with Gasteiger partial charge in [0.1, 0.15) is 6.10 Å². The smallest absolute Gasteiger partial charge is 0.303 e. The van der Waals surface area contributed by atoms with Crippen LogP contribution in [-0.4, -0.2) is 12.1 Å². The van der Waals surface area contributed by atoms with Crippen LogP contribution in [-0.2, 0) is 9.53 Å². The molecule has 0 rings (SSSR count). The first kappa shape index (κ1) is 12.9. The van der Waals surface area contributed by atoms with Gasteiger partial charge in [0.05, 0.1) is 0 Å². The molecule has 0 aliphatic carbocycles. The molecule has 0 heterocycles. The van der Waals surface area contributed by atoms with Crippen molar-refractivity contribution in [3.8, 4) is 0 Å². The molecule has 0 aromatic rings. The lowest BCUT2D eigenvalue weighted by molar-refractivity contribution is -0.143.